The predicted octanol–water partition coefficient (Wildman–Crippen LogP) is -0.700. The summed E-state index contributed by atoms with van der Waals surface area (Å²) in [6, 6.07) is 0. The van der Waals surface area contributed by atoms with E-state index in [-0.39, 0.29) is 0 Å². The van der Waals surface area contributed by atoms with Gasteiger partial charge < -0.3 is 9.31 Å². The Labute approximate surface area is 51.6 Å². The summed E-state index contributed by atoms with van der Waals surface area (Å²) in [5.41, 5.74) is 0. The fourth-order valence-corrected chi connectivity index (χ4v) is 0.427. The van der Waals surface area contributed by atoms with Gasteiger partial charge in [-0.25, -0.2) is 9.59 Å². The highest BCUT2D eigenvalue weighted by atomic mass is 16.7. The number of rotatable bonds is 1. The maximum absolute atomic E-state index is 10.2. The second kappa shape index (κ2) is 1.93. The van der Waals surface area contributed by atoms with E-state index in [0.717, 1.165) is 0 Å². The van der Waals surface area contributed by atoms with Gasteiger partial charge in [0, 0.05) is 0 Å². The van der Waals surface area contributed by atoms with E-state index in [1.807, 2.05) is 0 Å². The largest absolute Gasteiger partial charge is 0.628 e. The van der Waals surface area contributed by atoms with E-state index in [9.17, 15) is 9.59 Å². The number of carbonyl (C=O) groups is 2. The van der Waals surface area contributed by atoms with Crippen LogP contribution in [0.4, 0.5) is 0 Å². The topological polar surface area (TPSA) is 52.6 Å². The average molecular weight is 126 g/mol. The van der Waals surface area contributed by atoms with Gasteiger partial charge in [0.25, 0.3) is 0 Å². The third-order valence-electron chi connectivity index (χ3n) is 0.806. The van der Waals surface area contributed by atoms with Crippen LogP contribution in [0, 0.1) is 0 Å². The maximum atomic E-state index is 10.2. The minimum absolute atomic E-state index is 0.884. The monoisotopic (exact) mass is 126 g/mol. The van der Waals surface area contributed by atoms with Crippen LogP contribution < -0.4 is 0 Å². The summed E-state index contributed by atoms with van der Waals surface area (Å²) in [4.78, 5) is 20.4. The number of carbonyl (C=O) groups excluding carboxylic acids is 2. The van der Waals surface area contributed by atoms with Gasteiger partial charge in [0.05, 0.1) is 0 Å². The molecule has 46 valence electrons. The third kappa shape index (κ3) is 0.935. The van der Waals surface area contributed by atoms with Crippen LogP contribution in [-0.4, -0.2) is 19.1 Å². The molecule has 0 unspecified atom stereocenters. The van der Waals surface area contributed by atoms with Crippen molar-refractivity contribution in [1.82, 2.24) is 0 Å². The van der Waals surface area contributed by atoms with Crippen LogP contribution in [0.25, 0.3) is 0 Å². The SMILES string of the molecule is C=CB1OC(=O)C(=O)O1. The summed E-state index contributed by atoms with van der Waals surface area (Å²) in [7, 11) is -0.884. The van der Waals surface area contributed by atoms with Crippen molar-refractivity contribution in [2.24, 2.45) is 0 Å². The van der Waals surface area contributed by atoms with Gasteiger partial charge >= 0.3 is 19.1 Å². The molecular weight excluding hydrogens is 123 g/mol. The molecule has 1 saturated heterocycles. The van der Waals surface area contributed by atoms with Crippen molar-refractivity contribution in [3.05, 3.63) is 12.6 Å². The lowest BCUT2D eigenvalue weighted by atomic mass is 9.92. The molecule has 0 aromatic carbocycles. The summed E-state index contributed by atoms with van der Waals surface area (Å²) in [5.74, 6) is -0.692. The van der Waals surface area contributed by atoms with Crippen molar-refractivity contribution in [2.45, 2.75) is 0 Å². The summed E-state index contributed by atoms with van der Waals surface area (Å²) in [6.45, 7) is 3.26. The molecule has 0 saturated carbocycles. The molecule has 4 nitrogen and oxygen atoms in total. The van der Waals surface area contributed by atoms with Crippen LogP contribution in [0.5, 0.6) is 0 Å². The predicted molar refractivity (Wildman–Crippen MR) is 28.1 cm³/mol. The first kappa shape index (κ1) is 5.87. The smallest absolute Gasteiger partial charge is 0.487 e. The van der Waals surface area contributed by atoms with Crippen molar-refractivity contribution in [2.75, 3.05) is 0 Å². The number of hydrogen-bond donors (Lipinski definition) is 0. The number of hydrogen-bond acceptors (Lipinski definition) is 4. The summed E-state index contributed by atoms with van der Waals surface area (Å²) < 4.78 is 8.59. The molecule has 0 atom stereocenters. The molecular formula is C4H3BO4. The molecule has 1 fully saturated rings. The van der Waals surface area contributed by atoms with E-state index in [4.69, 9.17) is 0 Å². The normalized spacial score (nSPS) is 17.1. The molecule has 1 aliphatic heterocycles. The minimum Gasteiger partial charge on any atom is -0.487 e. The van der Waals surface area contributed by atoms with E-state index >= 15 is 0 Å². The van der Waals surface area contributed by atoms with Crippen molar-refractivity contribution < 1.29 is 18.9 Å². The van der Waals surface area contributed by atoms with Gasteiger partial charge in [-0.3, -0.25) is 0 Å². The zero-order chi connectivity index (χ0) is 6.85. The summed E-state index contributed by atoms with van der Waals surface area (Å²) in [5, 5.41) is 0. The zero-order valence-electron chi connectivity index (χ0n) is 4.49. The van der Waals surface area contributed by atoms with E-state index in [1.165, 1.54) is 5.98 Å². The molecule has 0 aromatic rings. The van der Waals surface area contributed by atoms with Crippen molar-refractivity contribution >= 4 is 19.1 Å². The van der Waals surface area contributed by atoms with E-state index < -0.39 is 19.1 Å². The minimum atomic E-state index is -0.958. The van der Waals surface area contributed by atoms with Crippen molar-refractivity contribution in [1.29, 1.82) is 0 Å². The third-order valence-corrected chi connectivity index (χ3v) is 0.806. The van der Waals surface area contributed by atoms with Gasteiger partial charge in [-0.05, 0) is 5.98 Å². The fourth-order valence-electron chi connectivity index (χ4n) is 0.427. The van der Waals surface area contributed by atoms with Crippen molar-refractivity contribution in [3.63, 3.8) is 0 Å². The van der Waals surface area contributed by atoms with Crippen molar-refractivity contribution in [3.8, 4) is 0 Å². The Morgan fingerprint density at radius 3 is 2.00 bits per heavy atom. The summed E-state index contributed by atoms with van der Waals surface area (Å²) >= 11 is 0. The molecule has 0 N–H and O–H groups in total. The van der Waals surface area contributed by atoms with Gasteiger partial charge in [0.2, 0.25) is 0 Å². The van der Waals surface area contributed by atoms with Gasteiger partial charge in [0.1, 0.15) is 0 Å². The van der Waals surface area contributed by atoms with Crippen LogP contribution in [0.3, 0.4) is 0 Å². The second-order valence-corrected chi connectivity index (χ2v) is 1.41. The van der Waals surface area contributed by atoms with Gasteiger partial charge in [-0.15, -0.1) is 6.58 Å². The Balaban J connectivity index is 2.64. The molecule has 1 aliphatic rings. The van der Waals surface area contributed by atoms with E-state index in [2.05, 4.69) is 15.9 Å². The fraction of sp³-hybridized carbons (Fsp3) is 0. The van der Waals surface area contributed by atoms with Crippen LogP contribution in [0.15, 0.2) is 12.6 Å². The molecule has 9 heavy (non-hydrogen) atoms. The lowest BCUT2D eigenvalue weighted by Gasteiger charge is -1.89. The first-order chi connectivity index (χ1) is 4.24. The molecule has 0 aromatic heterocycles. The Bertz CT molecular complexity index is 159. The Morgan fingerprint density at radius 1 is 1.33 bits per heavy atom. The standard InChI is InChI=1S/C4H3BO4/c1-2-5-8-3(6)4(7)9-5/h2H,1H2. The molecule has 1 heterocycles. The van der Waals surface area contributed by atoms with Gasteiger partial charge in [-0.1, -0.05) is 0 Å². The Morgan fingerprint density at radius 2 is 1.78 bits per heavy atom. The Kier molecular flexibility index (Phi) is 1.26. The quantitative estimate of drug-likeness (QED) is 0.344. The second-order valence-electron chi connectivity index (χ2n) is 1.41. The molecule has 1 rings (SSSR count). The lowest BCUT2D eigenvalue weighted by Crippen LogP contribution is -2.09. The zero-order valence-corrected chi connectivity index (χ0v) is 4.49. The first-order valence-electron chi connectivity index (χ1n) is 2.28. The van der Waals surface area contributed by atoms with Crippen LogP contribution in [-0.2, 0) is 18.9 Å². The van der Waals surface area contributed by atoms with Crippen LogP contribution in [0.2, 0.25) is 0 Å². The van der Waals surface area contributed by atoms with E-state index in [1.54, 1.807) is 0 Å². The highest BCUT2D eigenvalue weighted by Gasteiger charge is 2.37. The highest BCUT2D eigenvalue weighted by Crippen LogP contribution is 2.02. The molecule has 0 spiro atoms. The average Bonchev–Trinajstić information content (AvgIpc) is 2.13. The van der Waals surface area contributed by atoms with E-state index in [0.29, 0.717) is 0 Å². The molecule has 0 radical (unpaired) electrons. The highest BCUT2D eigenvalue weighted by molar-refractivity contribution is 6.63. The molecule has 0 amide bonds. The maximum Gasteiger partial charge on any atom is 0.628 e. The van der Waals surface area contributed by atoms with Gasteiger partial charge in [0.15, 0.2) is 0 Å². The van der Waals surface area contributed by atoms with Gasteiger partial charge in [-0.2, -0.15) is 0 Å². The lowest BCUT2D eigenvalue weighted by molar-refractivity contribution is -0.150. The molecule has 0 aliphatic carbocycles. The van der Waals surface area contributed by atoms with Crippen LogP contribution in [0.1, 0.15) is 0 Å². The first-order valence-corrected chi connectivity index (χ1v) is 2.28. The molecule has 0 bridgehead atoms. The van der Waals surface area contributed by atoms with Crippen LogP contribution >= 0.6 is 0 Å². The molecule has 5 heteroatoms. The Hall–Kier alpha value is -1.26. The summed E-state index contributed by atoms with van der Waals surface area (Å²) in [6.07, 6.45) is 0.